The average molecular weight is 625 g/mol. The number of hydrogen-bond acceptors (Lipinski definition) is 7. The number of methoxy groups -OCH3 is 1. The van der Waals surface area contributed by atoms with Gasteiger partial charge in [-0.15, -0.1) is 0 Å². The number of hydrogen-bond donors (Lipinski definition) is 0. The smallest absolute Gasteiger partial charge is 0.338 e. The highest BCUT2D eigenvalue weighted by atomic mass is 35.5. The van der Waals surface area contributed by atoms with E-state index in [4.69, 9.17) is 25.8 Å². The monoisotopic (exact) mass is 624 g/mol. The molecule has 0 spiro atoms. The number of fused-ring (bicyclic) bond motifs is 2. The quantitative estimate of drug-likeness (QED) is 0.192. The van der Waals surface area contributed by atoms with Crippen LogP contribution in [0.25, 0.3) is 16.8 Å². The van der Waals surface area contributed by atoms with Crippen LogP contribution in [0.5, 0.6) is 11.5 Å². The number of allylic oxidation sites excluding steroid dienone is 1. The second-order valence-electron chi connectivity index (χ2n) is 10.2. The maximum Gasteiger partial charge on any atom is 0.338 e. The average Bonchev–Trinajstić information content (AvgIpc) is 3.33. The van der Waals surface area contributed by atoms with Crippen LogP contribution in [0, 0.1) is 0 Å². The first-order valence-corrected chi connectivity index (χ1v) is 15.3. The molecule has 1 atom stereocenters. The highest BCUT2D eigenvalue weighted by Crippen LogP contribution is 2.38. The van der Waals surface area contributed by atoms with Crippen LogP contribution >= 0.6 is 22.9 Å². The van der Waals surface area contributed by atoms with E-state index in [0.29, 0.717) is 49.3 Å². The molecule has 2 heterocycles. The third-order valence-corrected chi connectivity index (χ3v) is 8.70. The largest absolute Gasteiger partial charge is 0.493 e. The Morgan fingerprint density at radius 3 is 2.57 bits per heavy atom. The van der Waals surface area contributed by atoms with Crippen molar-refractivity contribution in [3.05, 3.63) is 138 Å². The Labute approximate surface area is 262 Å². The molecule has 222 valence electrons. The molecule has 0 N–H and O–H groups in total. The molecular formula is C35H29ClN2O5S. The lowest BCUT2D eigenvalue weighted by atomic mass is 9.96. The molecule has 0 bridgehead atoms. The number of aromatic nitrogens is 1. The molecule has 0 aliphatic carbocycles. The first kappa shape index (κ1) is 29.4. The second kappa shape index (κ2) is 12.5. The third-order valence-electron chi connectivity index (χ3n) is 7.43. The molecule has 44 heavy (non-hydrogen) atoms. The highest BCUT2D eigenvalue weighted by molar-refractivity contribution is 7.07. The fraction of sp³-hybridized carbons (Fsp3) is 0.171. The van der Waals surface area contributed by atoms with Crippen LogP contribution in [0.4, 0.5) is 0 Å². The van der Waals surface area contributed by atoms with Gasteiger partial charge < -0.3 is 14.2 Å². The van der Waals surface area contributed by atoms with Crippen molar-refractivity contribution in [1.29, 1.82) is 0 Å². The summed E-state index contributed by atoms with van der Waals surface area (Å²) in [4.78, 5) is 32.1. The van der Waals surface area contributed by atoms with Crippen molar-refractivity contribution in [2.24, 2.45) is 4.99 Å². The molecule has 0 saturated carbocycles. The number of esters is 1. The second-order valence-corrected chi connectivity index (χ2v) is 11.6. The molecule has 1 aliphatic rings. The van der Waals surface area contributed by atoms with Gasteiger partial charge in [-0.1, -0.05) is 95.7 Å². The number of carbonyl (C=O) groups is 1. The third kappa shape index (κ3) is 5.54. The molecule has 0 amide bonds. The summed E-state index contributed by atoms with van der Waals surface area (Å²) in [5.74, 6) is 0.367. The van der Waals surface area contributed by atoms with E-state index in [1.807, 2.05) is 54.6 Å². The van der Waals surface area contributed by atoms with Crippen molar-refractivity contribution in [2.75, 3.05) is 13.7 Å². The SMILES string of the molecule is CCOC(=O)C1=C(C)N=c2s/c(=C/c3cc(Cl)c(OCc4cccc5ccccc45)c(OC)c3)c(=O)n2C1c1ccccc1. The number of nitrogens with zero attached hydrogens (tertiary/aromatic N) is 2. The van der Waals surface area contributed by atoms with Crippen molar-refractivity contribution in [3.63, 3.8) is 0 Å². The number of halogens is 1. The van der Waals surface area contributed by atoms with Gasteiger partial charge in [0.15, 0.2) is 16.3 Å². The van der Waals surface area contributed by atoms with Crippen molar-refractivity contribution < 1.29 is 19.0 Å². The predicted molar refractivity (Wildman–Crippen MR) is 173 cm³/mol. The lowest BCUT2D eigenvalue weighted by molar-refractivity contribution is -0.139. The van der Waals surface area contributed by atoms with Gasteiger partial charge in [-0.25, -0.2) is 9.79 Å². The number of ether oxygens (including phenoxy) is 3. The Bertz CT molecular complexity index is 2090. The molecule has 0 saturated heterocycles. The topological polar surface area (TPSA) is 79.1 Å². The van der Waals surface area contributed by atoms with Crippen LogP contribution < -0.4 is 24.4 Å². The number of rotatable bonds is 8. The molecule has 7 nitrogen and oxygen atoms in total. The zero-order valence-electron chi connectivity index (χ0n) is 24.4. The van der Waals surface area contributed by atoms with E-state index in [1.165, 1.54) is 11.3 Å². The summed E-state index contributed by atoms with van der Waals surface area (Å²) in [6.45, 7) is 4.03. The van der Waals surface area contributed by atoms with E-state index in [2.05, 4.69) is 23.2 Å². The Morgan fingerprint density at radius 1 is 1.05 bits per heavy atom. The Hall–Kier alpha value is -4.66. The minimum absolute atomic E-state index is 0.214. The van der Waals surface area contributed by atoms with Gasteiger partial charge >= 0.3 is 5.97 Å². The van der Waals surface area contributed by atoms with Crippen molar-refractivity contribution in [1.82, 2.24) is 4.57 Å². The van der Waals surface area contributed by atoms with Crippen LogP contribution in [0.2, 0.25) is 5.02 Å². The Kier molecular flexibility index (Phi) is 8.37. The van der Waals surface area contributed by atoms with Gasteiger partial charge in [-0.3, -0.25) is 9.36 Å². The number of carbonyl (C=O) groups excluding carboxylic acids is 1. The Morgan fingerprint density at radius 2 is 1.80 bits per heavy atom. The van der Waals surface area contributed by atoms with Gasteiger partial charge in [0, 0.05) is 0 Å². The summed E-state index contributed by atoms with van der Waals surface area (Å²) < 4.78 is 19.2. The molecule has 5 aromatic rings. The van der Waals surface area contributed by atoms with E-state index in [9.17, 15) is 9.59 Å². The standard InChI is InChI=1S/C35H29ClN2O5S/c1-4-42-34(40)30-21(2)37-35-38(31(30)24-12-6-5-7-13-24)33(39)29(44-35)19-22-17-27(36)32(28(18-22)41-3)43-20-25-15-10-14-23-11-8-9-16-26(23)25/h5-19,31H,4,20H2,1-3H3/b29-19+. The molecular weight excluding hydrogens is 596 g/mol. The summed E-state index contributed by atoms with van der Waals surface area (Å²) in [7, 11) is 1.55. The summed E-state index contributed by atoms with van der Waals surface area (Å²) in [5, 5.41) is 2.58. The molecule has 0 fully saturated rings. The minimum atomic E-state index is -0.670. The first-order chi connectivity index (χ1) is 21.4. The van der Waals surface area contributed by atoms with E-state index in [0.717, 1.165) is 21.9 Å². The zero-order valence-corrected chi connectivity index (χ0v) is 25.9. The van der Waals surface area contributed by atoms with E-state index in [-0.39, 0.29) is 12.2 Å². The molecule has 9 heteroatoms. The fourth-order valence-corrected chi connectivity index (χ4v) is 6.75. The van der Waals surface area contributed by atoms with Crippen LogP contribution in [0.3, 0.4) is 0 Å². The summed E-state index contributed by atoms with van der Waals surface area (Å²) >= 11 is 7.97. The normalized spacial score (nSPS) is 14.7. The van der Waals surface area contributed by atoms with E-state index >= 15 is 0 Å². The van der Waals surface area contributed by atoms with Gasteiger partial charge in [0.1, 0.15) is 6.61 Å². The van der Waals surface area contributed by atoms with E-state index < -0.39 is 12.0 Å². The summed E-state index contributed by atoms with van der Waals surface area (Å²) in [6.07, 6.45) is 1.75. The van der Waals surface area contributed by atoms with Crippen LogP contribution in [0.15, 0.2) is 106 Å². The summed E-state index contributed by atoms with van der Waals surface area (Å²) in [5.41, 5.74) is 3.05. The van der Waals surface area contributed by atoms with Crippen molar-refractivity contribution >= 4 is 45.8 Å². The van der Waals surface area contributed by atoms with Gasteiger partial charge in [0.2, 0.25) is 0 Å². The summed E-state index contributed by atoms with van der Waals surface area (Å²) in [6, 6.07) is 26.5. The van der Waals surface area contributed by atoms with Crippen LogP contribution in [-0.4, -0.2) is 24.3 Å². The van der Waals surface area contributed by atoms with Crippen LogP contribution in [0.1, 0.15) is 36.6 Å². The maximum absolute atomic E-state index is 13.9. The van der Waals surface area contributed by atoms with Gasteiger partial charge in [-0.05, 0) is 59.5 Å². The van der Waals surface area contributed by atoms with Crippen LogP contribution in [-0.2, 0) is 16.1 Å². The molecule has 1 aliphatic heterocycles. The molecule has 4 aromatic carbocycles. The minimum Gasteiger partial charge on any atom is -0.493 e. The first-order valence-electron chi connectivity index (χ1n) is 14.1. The lowest BCUT2D eigenvalue weighted by Crippen LogP contribution is -2.39. The highest BCUT2D eigenvalue weighted by Gasteiger charge is 2.33. The number of thiazole rings is 1. The maximum atomic E-state index is 13.9. The molecule has 0 radical (unpaired) electrons. The lowest BCUT2D eigenvalue weighted by Gasteiger charge is -2.24. The number of benzene rings is 4. The van der Waals surface area contributed by atoms with Gasteiger partial charge in [0.25, 0.3) is 5.56 Å². The Balaban J connectivity index is 1.39. The molecule has 6 rings (SSSR count). The van der Waals surface area contributed by atoms with Crippen molar-refractivity contribution in [2.45, 2.75) is 26.5 Å². The van der Waals surface area contributed by atoms with Gasteiger partial charge in [-0.2, -0.15) is 0 Å². The predicted octanol–water partition coefficient (Wildman–Crippen LogP) is 6.19. The fourth-order valence-electron chi connectivity index (χ4n) is 5.43. The molecule has 1 unspecified atom stereocenters. The van der Waals surface area contributed by atoms with Gasteiger partial charge in [0.05, 0.1) is 40.6 Å². The van der Waals surface area contributed by atoms with Crippen molar-refractivity contribution in [3.8, 4) is 11.5 Å². The zero-order chi connectivity index (χ0) is 30.8. The van der Waals surface area contributed by atoms with E-state index in [1.54, 1.807) is 43.7 Å². The molecule has 1 aromatic heterocycles.